The lowest BCUT2D eigenvalue weighted by atomic mass is 9.97. The number of aromatic nitrogens is 1. The Balaban J connectivity index is 1.69. The summed E-state index contributed by atoms with van der Waals surface area (Å²) in [7, 11) is 1.82. The topological polar surface area (TPSA) is 71.5 Å². The van der Waals surface area contributed by atoms with E-state index < -0.39 is 5.60 Å². The van der Waals surface area contributed by atoms with Crippen molar-refractivity contribution in [2.75, 3.05) is 20.1 Å². The minimum absolute atomic E-state index is 0.0331. The number of amides is 1. The van der Waals surface area contributed by atoms with Gasteiger partial charge in [-0.15, -0.1) is 0 Å². The van der Waals surface area contributed by atoms with E-state index in [1.807, 2.05) is 106 Å². The van der Waals surface area contributed by atoms with Crippen molar-refractivity contribution in [2.45, 2.75) is 39.3 Å². The normalized spacial score (nSPS) is 12.4. The summed E-state index contributed by atoms with van der Waals surface area (Å²) in [6.45, 7) is 7.68. The average Bonchev–Trinajstić information content (AvgIpc) is 2.88. The van der Waals surface area contributed by atoms with Crippen LogP contribution in [0.2, 0.25) is 5.02 Å². The molecule has 0 aliphatic carbocycles. The molecule has 0 aliphatic heterocycles. The van der Waals surface area contributed by atoms with Crippen molar-refractivity contribution < 1.29 is 14.3 Å². The van der Waals surface area contributed by atoms with E-state index in [0.717, 1.165) is 37.8 Å². The molecule has 1 N–H and O–H groups in total. The van der Waals surface area contributed by atoms with E-state index in [-0.39, 0.29) is 31.0 Å². The van der Waals surface area contributed by atoms with Crippen molar-refractivity contribution in [3.05, 3.63) is 99.0 Å². The molecule has 4 rings (SSSR count). The molecule has 208 valence electrons. The van der Waals surface area contributed by atoms with Crippen LogP contribution in [-0.4, -0.2) is 47.5 Å². The smallest absolute Gasteiger partial charge is 0.320 e. The van der Waals surface area contributed by atoms with E-state index in [2.05, 4.69) is 21.2 Å². The first-order chi connectivity index (χ1) is 18.9. The van der Waals surface area contributed by atoms with Crippen LogP contribution in [0.25, 0.3) is 22.2 Å². The molecule has 1 heterocycles. The number of rotatable bonds is 8. The molecule has 0 radical (unpaired) electrons. The molecule has 1 amide bonds. The van der Waals surface area contributed by atoms with Crippen LogP contribution in [0.4, 0.5) is 0 Å². The van der Waals surface area contributed by atoms with Gasteiger partial charge in [0.25, 0.3) is 5.91 Å². The molecule has 1 aromatic heterocycles. The van der Waals surface area contributed by atoms with Crippen molar-refractivity contribution in [3.8, 4) is 11.3 Å². The molecule has 0 saturated heterocycles. The summed E-state index contributed by atoms with van der Waals surface area (Å²) in [6.07, 6.45) is 0. The zero-order valence-corrected chi connectivity index (χ0v) is 25.6. The molecule has 8 heteroatoms. The maximum atomic E-state index is 13.9. The lowest BCUT2D eigenvalue weighted by Crippen LogP contribution is -2.40. The third-order valence-corrected chi connectivity index (χ3v) is 7.35. The molecule has 0 aliphatic rings. The van der Waals surface area contributed by atoms with E-state index in [0.29, 0.717) is 10.6 Å². The molecular weight excluding hydrogens is 590 g/mol. The fraction of sp³-hybridized carbons (Fsp3) is 0.281. The zero-order valence-electron chi connectivity index (χ0n) is 23.3. The number of esters is 1. The summed E-state index contributed by atoms with van der Waals surface area (Å²) in [6, 6.07) is 22.6. The molecule has 0 saturated carbocycles. The van der Waals surface area contributed by atoms with Gasteiger partial charge in [-0.05, 0) is 70.1 Å². The Bertz CT molecular complexity index is 1540. The van der Waals surface area contributed by atoms with E-state index in [1.54, 1.807) is 6.07 Å². The highest BCUT2D eigenvalue weighted by Crippen LogP contribution is 2.32. The fourth-order valence-electron chi connectivity index (χ4n) is 4.71. The van der Waals surface area contributed by atoms with Gasteiger partial charge in [-0.2, -0.15) is 0 Å². The van der Waals surface area contributed by atoms with Gasteiger partial charge in [0.15, 0.2) is 0 Å². The van der Waals surface area contributed by atoms with Crippen LogP contribution in [0.1, 0.15) is 48.3 Å². The second-order valence-electron chi connectivity index (χ2n) is 10.7. The Morgan fingerprint density at radius 2 is 1.73 bits per heavy atom. The molecule has 0 spiro atoms. The number of hydrogen-bond donors (Lipinski definition) is 1. The van der Waals surface area contributed by atoms with E-state index in [1.165, 1.54) is 0 Å². The summed E-state index contributed by atoms with van der Waals surface area (Å²) in [5.41, 5.74) is 3.96. The number of carbonyl (C=O) groups excluding carboxylic acids is 2. The Morgan fingerprint density at radius 1 is 1.05 bits per heavy atom. The first-order valence-electron chi connectivity index (χ1n) is 13.0. The van der Waals surface area contributed by atoms with Crippen LogP contribution >= 0.6 is 27.5 Å². The number of benzene rings is 3. The van der Waals surface area contributed by atoms with Crippen LogP contribution in [0.15, 0.2) is 77.3 Å². The highest BCUT2D eigenvalue weighted by molar-refractivity contribution is 9.10. The summed E-state index contributed by atoms with van der Waals surface area (Å²) in [5, 5.41) is 4.43. The molecule has 1 unspecified atom stereocenters. The number of carbonyl (C=O) groups is 2. The third-order valence-electron chi connectivity index (χ3n) is 6.52. The molecular formula is C32H33BrClN3O3. The zero-order chi connectivity index (χ0) is 29.0. The van der Waals surface area contributed by atoms with Gasteiger partial charge in [0.05, 0.1) is 29.4 Å². The number of nitrogens with zero attached hydrogens (tertiary/aromatic N) is 2. The highest BCUT2D eigenvalue weighted by atomic mass is 79.9. The van der Waals surface area contributed by atoms with Gasteiger partial charge in [0.1, 0.15) is 5.60 Å². The molecule has 1 atom stereocenters. The van der Waals surface area contributed by atoms with Crippen LogP contribution in [0.3, 0.4) is 0 Å². The van der Waals surface area contributed by atoms with Gasteiger partial charge in [-0.25, -0.2) is 4.98 Å². The summed E-state index contributed by atoms with van der Waals surface area (Å²) >= 11 is 10.1. The molecule has 0 fully saturated rings. The van der Waals surface area contributed by atoms with Crippen molar-refractivity contribution in [2.24, 2.45) is 0 Å². The number of nitrogens with one attached hydrogen (secondary N) is 1. The second-order valence-corrected chi connectivity index (χ2v) is 12.1. The lowest BCUT2D eigenvalue weighted by Gasteiger charge is -2.30. The standard InChI is InChI=1S/C32H33BrClN3O3/c1-20-29(24-17-22(33)15-16-26(24)36-30(20)21-11-7-6-8-12-21)31(39)35-18-27(23-13-9-10-14-25(23)34)37(5)19-28(38)40-32(2,3)4/h6-17,27H,18-19H2,1-5H3,(H,35,39). The number of likely N-dealkylation sites (N-methyl/N-ethyl adjacent to an activating group) is 1. The third kappa shape index (κ3) is 7.08. The maximum Gasteiger partial charge on any atom is 0.320 e. The lowest BCUT2D eigenvalue weighted by molar-refractivity contribution is -0.156. The number of pyridine rings is 1. The highest BCUT2D eigenvalue weighted by Gasteiger charge is 2.26. The van der Waals surface area contributed by atoms with Gasteiger partial charge >= 0.3 is 5.97 Å². The minimum Gasteiger partial charge on any atom is -0.459 e. The number of halogens is 2. The first-order valence-corrected chi connectivity index (χ1v) is 14.2. The predicted molar refractivity (Wildman–Crippen MR) is 165 cm³/mol. The first kappa shape index (κ1) is 29.7. The van der Waals surface area contributed by atoms with E-state index in [9.17, 15) is 9.59 Å². The molecule has 4 aromatic rings. The summed E-state index contributed by atoms with van der Waals surface area (Å²) in [4.78, 5) is 33.3. The number of hydrogen-bond acceptors (Lipinski definition) is 5. The second kappa shape index (κ2) is 12.5. The van der Waals surface area contributed by atoms with Gasteiger partial charge in [-0.1, -0.05) is 76.1 Å². The average molecular weight is 623 g/mol. The summed E-state index contributed by atoms with van der Waals surface area (Å²) in [5.74, 6) is -0.588. The largest absolute Gasteiger partial charge is 0.459 e. The monoisotopic (exact) mass is 621 g/mol. The number of fused-ring (bicyclic) bond motifs is 1. The van der Waals surface area contributed by atoms with E-state index >= 15 is 0 Å². The van der Waals surface area contributed by atoms with Crippen molar-refractivity contribution in [1.82, 2.24) is 15.2 Å². The van der Waals surface area contributed by atoms with Gasteiger partial charge in [0, 0.05) is 27.0 Å². The van der Waals surface area contributed by atoms with Gasteiger partial charge in [-0.3, -0.25) is 14.5 Å². The Morgan fingerprint density at radius 3 is 2.40 bits per heavy atom. The van der Waals surface area contributed by atoms with Gasteiger partial charge < -0.3 is 10.1 Å². The van der Waals surface area contributed by atoms with Crippen LogP contribution in [0.5, 0.6) is 0 Å². The molecule has 40 heavy (non-hydrogen) atoms. The fourth-order valence-corrected chi connectivity index (χ4v) is 5.34. The number of ether oxygens (including phenoxy) is 1. The summed E-state index contributed by atoms with van der Waals surface area (Å²) < 4.78 is 6.39. The van der Waals surface area contributed by atoms with Crippen LogP contribution < -0.4 is 5.32 Å². The SMILES string of the molecule is Cc1c(-c2ccccc2)nc2ccc(Br)cc2c1C(=O)NCC(c1ccccc1Cl)N(C)CC(=O)OC(C)(C)C. The van der Waals surface area contributed by atoms with Crippen molar-refractivity contribution in [3.63, 3.8) is 0 Å². The van der Waals surface area contributed by atoms with E-state index in [4.69, 9.17) is 21.3 Å². The minimum atomic E-state index is -0.601. The Hall–Kier alpha value is -3.26. The van der Waals surface area contributed by atoms with Crippen molar-refractivity contribution in [1.29, 1.82) is 0 Å². The Kier molecular flexibility index (Phi) is 9.29. The molecule has 0 bridgehead atoms. The molecule has 3 aromatic carbocycles. The predicted octanol–water partition coefficient (Wildman–Crippen LogP) is 7.37. The Labute approximate surface area is 248 Å². The van der Waals surface area contributed by atoms with Crippen LogP contribution in [-0.2, 0) is 9.53 Å². The van der Waals surface area contributed by atoms with Crippen molar-refractivity contribution >= 4 is 50.3 Å². The van der Waals surface area contributed by atoms with Crippen LogP contribution in [0, 0.1) is 6.92 Å². The maximum absolute atomic E-state index is 13.9. The van der Waals surface area contributed by atoms with Gasteiger partial charge in [0.2, 0.25) is 0 Å². The quantitative estimate of drug-likeness (QED) is 0.208. The molecule has 6 nitrogen and oxygen atoms in total.